The highest BCUT2D eigenvalue weighted by Gasteiger charge is 2.31. The van der Waals surface area contributed by atoms with Gasteiger partial charge in [0.25, 0.3) is 11.8 Å². The highest BCUT2D eigenvalue weighted by molar-refractivity contribution is 7.91. The molecular formula is C17H20N4O4S. The van der Waals surface area contributed by atoms with Gasteiger partial charge in [0.05, 0.1) is 17.0 Å². The first-order chi connectivity index (χ1) is 12.4. The molecule has 2 aliphatic heterocycles. The lowest BCUT2D eigenvalue weighted by atomic mass is 10.2. The lowest BCUT2D eigenvalue weighted by molar-refractivity contribution is 0.0789. The zero-order chi connectivity index (χ0) is 18.3. The number of amides is 2. The maximum Gasteiger partial charge on any atom is 0.287 e. The Bertz CT molecular complexity index is 976. The van der Waals surface area contributed by atoms with Gasteiger partial charge in [-0.05, 0) is 31.4 Å². The van der Waals surface area contributed by atoms with Crippen molar-refractivity contribution in [2.24, 2.45) is 0 Å². The van der Waals surface area contributed by atoms with Crippen molar-refractivity contribution < 1.29 is 18.0 Å². The van der Waals surface area contributed by atoms with E-state index in [1.807, 2.05) is 0 Å². The van der Waals surface area contributed by atoms with Crippen molar-refractivity contribution >= 4 is 27.2 Å². The van der Waals surface area contributed by atoms with Crippen LogP contribution < -0.4 is 5.32 Å². The van der Waals surface area contributed by atoms with E-state index in [0.29, 0.717) is 25.0 Å². The van der Waals surface area contributed by atoms with Crippen LogP contribution in [0, 0.1) is 0 Å². The van der Waals surface area contributed by atoms with Gasteiger partial charge >= 0.3 is 0 Å². The average Bonchev–Trinajstić information content (AvgIpc) is 3.33. The van der Waals surface area contributed by atoms with Crippen molar-refractivity contribution in [3.8, 4) is 0 Å². The third-order valence-electron chi connectivity index (χ3n) is 4.91. The minimum Gasteiger partial charge on any atom is -0.346 e. The van der Waals surface area contributed by atoms with E-state index in [-0.39, 0.29) is 28.9 Å². The number of sulfone groups is 1. The Labute approximate surface area is 151 Å². The minimum atomic E-state index is -3.09. The Hall–Kier alpha value is -2.42. The summed E-state index contributed by atoms with van der Waals surface area (Å²) in [4.78, 5) is 31.5. The molecule has 2 fully saturated rings. The van der Waals surface area contributed by atoms with E-state index in [4.69, 9.17) is 0 Å². The number of fused-ring (bicyclic) bond motifs is 1. The predicted octanol–water partition coefficient (Wildman–Crippen LogP) is 0.487. The number of imidazole rings is 1. The van der Waals surface area contributed by atoms with E-state index in [1.54, 1.807) is 33.7 Å². The van der Waals surface area contributed by atoms with Gasteiger partial charge in [-0.1, -0.05) is 6.07 Å². The SMILES string of the molecule is O=C(NC1CCS(=O)(=O)C1)c1nc(C(=O)N2CCCC2)c2ccccn12. The van der Waals surface area contributed by atoms with Crippen LogP contribution >= 0.6 is 0 Å². The van der Waals surface area contributed by atoms with Gasteiger partial charge in [-0.2, -0.15) is 0 Å². The number of rotatable bonds is 3. The maximum atomic E-state index is 12.8. The second-order valence-electron chi connectivity index (χ2n) is 6.81. The Morgan fingerprint density at radius 2 is 1.96 bits per heavy atom. The third-order valence-corrected chi connectivity index (χ3v) is 6.68. The zero-order valence-electron chi connectivity index (χ0n) is 14.2. The average molecular weight is 376 g/mol. The van der Waals surface area contributed by atoms with Crippen LogP contribution in [0.15, 0.2) is 24.4 Å². The minimum absolute atomic E-state index is 0.0540. The Balaban J connectivity index is 1.65. The number of carbonyl (C=O) groups is 2. The number of hydrogen-bond donors (Lipinski definition) is 1. The molecule has 0 saturated carbocycles. The molecule has 1 unspecified atom stereocenters. The smallest absolute Gasteiger partial charge is 0.287 e. The molecule has 2 aromatic heterocycles. The van der Waals surface area contributed by atoms with Crippen LogP contribution in [0.1, 0.15) is 40.4 Å². The number of carbonyl (C=O) groups excluding carboxylic acids is 2. The van der Waals surface area contributed by atoms with Gasteiger partial charge in [0.15, 0.2) is 15.5 Å². The van der Waals surface area contributed by atoms with E-state index in [9.17, 15) is 18.0 Å². The summed E-state index contributed by atoms with van der Waals surface area (Å²) in [6, 6.07) is 4.90. The summed E-state index contributed by atoms with van der Waals surface area (Å²) in [6.07, 6.45) is 4.03. The van der Waals surface area contributed by atoms with Crippen LogP contribution in [0.2, 0.25) is 0 Å². The molecule has 0 bridgehead atoms. The van der Waals surface area contributed by atoms with E-state index in [0.717, 1.165) is 12.8 Å². The number of nitrogens with zero attached hydrogens (tertiary/aromatic N) is 3. The van der Waals surface area contributed by atoms with Gasteiger partial charge in [0, 0.05) is 25.3 Å². The van der Waals surface area contributed by atoms with Crippen LogP contribution in [-0.4, -0.2) is 65.2 Å². The van der Waals surface area contributed by atoms with Crippen LogP contribution in [0.25, 0.3) is 5.52 Å². The Morgan fingerprint density at radius 1 is 1.19 bits per heavy atom. The van der Waals surface area contributed by atoms with Crippen molar-refractivity contribution in [2.45, 2.75) is 25.3 Å². The molecule has 0 aliphatic carbocycles. The summed E-state index contributed by atoms with van der Waals surface area (Å²) >= 11 is 0. The van der Waals surface area contributed by atoms with Crippen LogP contribution in [0.4, 0.5) is 0 Å². The first-order valence-electron chi connectivity index (χ1n) is 8.72. The lowest BCUT2D eigenvalue weighted by Crippen LogP contribution is -2.36. The van der Waals surface area contributed by atoms with Gasteiger partial charge in [0.2, 0.25) is 5.82 Å². The molecule has 26 heavy (non-hydrogen) atoms. The molecule has 4 heterocycles. The molecule has 0 spiro atoms. The van der Waals surface area contributed by atoms with E-state index < -0.39 is 21.8 Å². The van der Waals surface area contributed by atoms with E-state index in [1.165, 1.54) is 0 Å². The highest BCUT2D eigenvalue weighted by Crippen LogP contribution is 2.19. The summed E-state index contributed by atoms with van der Waals surface area (Å²) in [5, 5.41) is 2.74. The molecule has 1 atom stereocenters. The molecule has 1 N–H and O–H groups in total. The second kappa shape index (κ2) is 6.39. The first kappa shape index (κ1) is 17.0. The van der Waals surface area contributed by atoms with Gasteiger partial charge in [-0.3, -0.25) is 14.0 Å². The number of likely N-dealkylation sites (tertiary alicyclic amines) is 1. The fourth-order valence-electron chi connectivity index (χ4n) is 3.58. The highest BCUT2D eigenvalue weighted by atomic mass is 32.2. The fourth-order valence-corrected chi connectivity index (χ4v) is 5.26. The largest absolute Gasteiger partial charge is 0.346 e. The van der Waals surface area contributed by atoms with Crippen LogP contribution in [-0.2, 0) is 9.84 Å². The molecule has 2 aliphatic rings. The number of nitrogens with one attached hydrogen (secondary N) is 1. The standard InChI is InChI=1S/C17H20N4O4S/c22-16(18-12-6-10-26(24,25)11-12)15-19-14(13-5-1-2-9-21(13)15)17(23)20-7-3-4-8-20/h1-2,5,9,12H,3-4,6-8,10-11H2,(H,18,22). The van der Waals surface area contributed by atoms with Crippen LogP contribution in [0.5, 0.6) is 0 Å². The zero-order valence-corrected chi connectivity index (χ0v) is 15.0. The van der Waals surface area contributed by atoms with Crippen molar-refractivity contribution in [1.29, 1.82) is 0 Å². The van der Waals surface area contributed by atoms with Gasteiger partial charge in [-0.15, -0.1) is 0 Å². The summed E-state index contributed by atoms with van der Waals surface area (Å²) in [5.41, 5.74) is 0.838. The molecule has 9 heteroatoms. The molecule has 8 nitrogen and oxygen atoms in total. The first-order valence-corrected chi connectivity index (χ1v) is 10.5. The van der Waals surface area contributed by atoms with Gasteiger partial charge in [-0.25, -0.2) is 13.4 Å². The van der Waals surface area contributed by atoms with Crippen molar-refractivity contribution in [3.05, 3.63) is 35.9 Å². The summed E-state index contributed by atoms with van der Waals surface area (Å²) in [7, 11) is -3.09. The second-order valence-corrected chi connectivity index (χ2v) is 9.04. The summed E-state index contributed by atoms with van der Waals surface area (Å²) in [6.45, 7) is 1.40. The Morgan fingerprint density at radius 3 is 2.65 bits per heavy atom. The summed E-state index contributed by atoms with van der Waals surface area (Å²) in [5.74, 6) is -0.504. The van der Waals surface area contributed by atoms with Gasteiger partial charge in [0.1, 0.15) is 0 Å². The maximum absolute atomic E-state index is 12.8. The predicted molar refractivity (Wildman–Crippen MR) is 94.9 cm³/mol. The lowest BCUT2D eigenvalue weighted by Gasteiger charge is -2.13. The molecule has 138 valence electrons. The molecule has 0 aromatic carbocycles. The number of pyridine rings is 1. The molecular weight excluding hydrogens is 356 g/mol. The fraction of sp³-hybridized carbons (Fsp3) is 0.471. The quantitative estimate of drug-likeness (QED) is 0.840. The molecule has 2 aromatic rings. The normalized spacial score (nSPS) is 22.0. The number of hydrogen-bond acceptors (Lipinski definition) is 5. The molecule has 2 saturated heterocycles. The number of aromatic nitrogens is 2. The van der Waals surface area contributed by atoms with Crippen molar-refractivity contribution in [3.63, 3.8) is 0 Å². The third kappa shape index (κ3) is 3.07. The Kier molecular flexibility index (Phi) is 4.18. The van der Waals surface area contributed by atoms with E-state index in [2.05, 4.69) is 10.3 Å². The summed E-state index contributed by atoms with van der Waals surface area (Å²) < 4.78 is 24.8. The van der Waals surface area contributed by atoms with Crippen LogP contribution in [0.3, 0.4) is 0 Å². The van der Waals surface area contributed by atoms with Gasteiger partial charge < -0.3 is 10.2 Å². The molecule has 2 amide bonds. The molecule has 4 rings (SSSR count). The van der Waals surface area contributed by atoms with Crippen molar-refractivity contribution in [2.75, 3.05) is 24.6 Å². The van der Waals surface area contributed by atoms with E-state index >= 15 is 0 Å². The van der Waals surface area contributed by atoms with Crippen molar-refractivity contribution in [1.82, 2.24) is 19.6 Å². The topological polar surface area (TPSA) is 101 Å². The molecule has 0 radical (unpaired) electrons. The monoisotopic (exact) mass is 376 g/mol.